The average molecular weight is 251 g/mol. The van der Waals surface area contributed by atoms with E-state index in [1.807, 2.05) is 6.92 Å². The minimum absolute atomic E-state index is 0.250. The highest BCUT2D eigenvalue weighted by molar-refractivity contribution is 4.88. The number of alkyl halides is 3. The molecule has 4 heteroatoms. The van der Waals surface area contributed by atoms with Gasteiger partial charge in [-0.25, -0.2) is 0 Å². The summed E-state index contributed by atoms with van der Waals surface area (Å²) in [6.07, 6.45) is -0.910. The summed E-state index contributed by atoms with van der Waals surface area (Å²) in [7, 11) is 0. The fourth-order valence-electron chi connectivity index (χ4n) is 3.13. The van der Waals surface area contributed by atoms with Gasteiger partial charge in [0.25, 0.3) is 0 Å². The van der Waals surface area contributed by atoms with Gasteiger partial charge in [0.2, 0.25) is 0 Å². The number of rotatable bonds is 4. The molecule has 0 bridgehead atoms. The van der Waals surface area contributed by atoms with Gasteiger partial charge in [-0.05, 0) is 50.0 Å². The lowest BCUT2D eigenvalue weighted by Gasteiger charge is -2.37. The van der Waals surface area contributed by atoms with E-state index in [0.29, 0.717) is 31.2 Å². The van der Waals surface area contributed by atoms with Crippen molar-refractivity contribution in [2.75, 3.05) is 6.54 Å². The van der Waals surface area contributed by atoms with Crippen LogP contribution in [0.25, 0.3) is 0 Å². The second kappa shape index (κ2) is 6.07. The zero-order chi connectivity index (χ0) is 13.1. The molecule has 0 aromatic carbocycles. The van der Waals surface area contributed by atoms with Gasteiger partial charge in [-0.3, -0.25) is 0 Å². The van der Waals surface area contributed by atoms with Crippen molar-refractivity contribution in [2.45, 2.75) is 58.7 Å². The van der Waals surface area contributed by atoms with Crippen molar-refractivity contribution in [1.29, 1.82) is 0 Å². The maximum absolute atomic E-state index is 13.0. The zero-order valence-corrected chi connectivity index (χ0v) is 11.0. The number of hydrogen-bond acceptors (Lipinski definition) is 1. The first-order valence-electron chi connectivity index (χ1n) is 6.64. The summed E-state index contributed by atoms with van der Waals surface area (Å²) in [5.74, 6) is 0.578. The zero-order valence-electron chi connectivity index (χ0n) is 11.0. The van der Waals surface area contributed by atoms with E-state index in [9.17, 15) is 13.2 Å². The lowest BCUT2D eigenvalue weighted by molar-refractivity contribution is -0.172. The third kappa shape index (κ3) is 4.49. The topological polar surface area (TPSA) is 12.0 Å². The molecule has 0 saturated heterocycles. The van der Waals surface area contributed by atoms with Crippen LogP contribution in [0.2, 0.25) is 0 Å². The SMILES string of the molecule is CCCNC(C1CC(C)CC(C)C1)C(F)(F)F. The molecule has 102 valence electrons. The van der Waals surface area contributed by atoms with Crippen LogP contribution in [0.1, 0.15) is 46.5 Å². The largest absolute Gasteiger partial charge is 0.404 e. The van der Waals surface area contributed by atoms with Crippen LogP contribution in [0.15, 0.2) is 0 Å². The van der Waals surface area contributed by atoms with Gasteiger partial charge in [-0.15, -0.1) is 0 Å². The van der Waals surface area contributed by atoms with Gasteiger partial charge in [-0.1, -0.05) is 20.8 Å². The van der Waals surface area contributed by atoms with Gasteiger partial charge in [0.15, 0.2) is 0 Å². The van der Waals surface area contributed by atoms with Crippen molar-refractivity contribution in [3.05, 3.63) is 0 Å². The second-order valence-corrected chi connectivity index (χ2v) is 5.65. The Kier molecular flexibility index (Phi) is 5.29. The van der Waals surface area contributed by atoms with Crippen LogP contribution in [-0.4, -0.2) is 18.8 Å². The van der Waals surface area contributed by atoms with Crippen molar-refractivity contribution in [2.24, 2.45) is 17.8 Å². The predicted octanol–water partition coefficient (Wildman–Crippen LogP) is 3.99. The van der Waals surface area contributed by atoms with Crippen molar-refractivity contribution >= 4 is 0 Å². The minimum Gasteiger partial charge on any atom is -0.306 e. The van der Waals surface area contributed by atoms with Crippen molar-refractivity contribution in [3.8, 4) is 0 Å². The van der Waals surface area contributed by atoms with Gasteiger partial charge < -0.3 is 5.32 Å². The molecular weight excluding hydrogens is 227 g/mol. The van der Waals surface area contributed by atoms with Crippen LogP contribution in [0, 0.1) is 17.8 Å². The van der Waals surface area contributed by atoms with Gasteiger partial charge >= 0.3 is 6.18 Å². The summed E-state index contributed by atoms with van der Waals surface area (Å²) in [4.78, 5) is 0. The highest BCUT2D eigenvalue weighted by Gasteiger charge is 2.45. The molecule has 0 aromatic heterocycles. The van der Waals surface area contributed by atoms with E-state index in [0.717, 1.165) is 12.8 Å². The fraction of sp³-hybridized carbons (Fsp3) is 1.00. The molecule has 1 saturated carbocycles. The highest BCUT2D eigenvalue weighted by Crippen LogP contribution is 2.39. The van der Waals surface area contributed by atoms with Crippen LogP contribution >= 0.6 is 0 Å². The molecule has 1 fully saturated rings. The number of nitrogens with one attached hydrogen (secondary N) is 1. The molecule has 1 rings (SSSR count). The normalized spacial score (nSPS) is 32.5. The van der Waals surface area contributed by atoms with Gasteiger partial charge in [0, 0.05) is 0 Å². The number of hydrogen-bond donors (Lipinski definition) is 1. The Balaban J connectivity index is 2.68. The van der Waals surface area contributed by atoms with Crippen LogP contribution in [0.4, 0.5) is 13.2 Å². The van der Waals surface area contributed by atoms with E-state index >= 15 is 0 Å². The Bertz CT molecular complexity index is 217. The summed E-state index contributed by atoms with van der Waals surface area (Å²) in [6.45, 7) is 6.47. The van der Waals surface area contributed by atoms with E-state index < -0.39 is 12.2 Å². The molecular formula is C13H24F3N. The van der Waals surface area contributed by atoms with E-state index in [-0.39, 0.29) is 5.92 Å². The third-order valence-corrected chi connectivity index (χ3v) is 3.65. The molecule has 0 heterocycles. The first-order chi connectivity index (χ1) is 7.84. The maximum atomic E-state index is 13.0. The lowest BCUT2D eigenvalue weighted by atomic mass is 9.73. The van der Waals surface area contributed by atoms with Crippen molar-refractivity contribution < 1.29 is 13.2 Å². The Labute approximate surface area is 102 Å². The summed E-state index contributed by atoms with van der Waals surface area (Å²) in [5.41, 5.74) is 0. The molecule has 0 aromatic rings. The molecule has 0 aliphatic heterocycles. The number of halogens is 3. The summed E-state index contributed by atoms with van der Waals surface area (Å²) >= 11 is 0. The highest BCUT2D eigenvalue weighted by atomic mass is 19.4. The molecule has 0 radical (unpaired) electrons. The Morgan fingerprint density at radius 3 is 2.06 bits per heavy atom. The molecule has 3 unspecified atom stereocenters. The van der Waals surface area contributed by atoms with Crippen molar-refractivity contribution in [3.63, 3.8) is 0 Å². The molecule has 1 aliphatic rings. The fourth-order valence-corrected chi connectivity index (χ4v) is 3.13. The predicted molar refractivity (Wildman–Crippen MR) is 63.8 cm³/mol. The monoisotopic (exact) mass is 251 g/mol. The van der Waals surface area contributed by atoms with E-state index in [1.165, 1.54) is 0 Å². The average Bonchev–Trinajstić information content (AvgIpc) is 2.14. The molecule has 17 heavy (non-hydrogen) atoms. The molecule has 1 N–H and O–H groups in total. The molecule has 1 nitrogen and oxygen atoms in total. The van der Waals surface area contributed by atoms with Crippen molar-refractivity contribution in [1.82, 2.24) is 5.32 Å². The Morgan fingerprint density at radius 1 is 1.12 bits per heavy atom. The van der Waals surface area contributed by atoms with E-state index in [4.69, 9.17) is 0 Å². The summed E-state index contributed by atoms with van der Waals surface area (Å²) in [5, 5.41) is 2.70. The Morgan fingerprint density at radius 2 is 1.65 bits per heavy atom. The molecule has 0 spiro atoms. The van der Waals surface area contributed by atoms with Crippen LogP contribution in [0.3, 0.4) is 0 Å². The smallest absolute Gasteiger partial charge is 0.306 e. The Hall–Kier alpha value is -0.250. The van der Waals surface area contributed by atoms with Crippen LogP contribution < -0.4 is 5.32 Å². The first-order valence-corrected chi connectivity index (χ1v) is 6.64. The standard InChI is InChI=1S/C13H24F3N/c1-4-5-17-12(13(14,15)16)11-7-9(2)6-10(3)8-11/h9-12,17H,4-8H2,1-3H3. The summed E-state index contributed by atoms with van der Waals surface area (Å²) < 4.78 is 39.1. The molecule has 0 amide bonds. The first kappa shape index (κ1) is 14.8. The lowest BCUT2D eigenvalue weighted by Crippen LogP contribution is -2.49. The third-order valence-electron chi connectivity index (χ3n) is 3.65. The maximum Gasteiger partial charge on any atom is 0.404 e. The van der Waals surface area contributed by atoms with Gasteiger partial charge in [-0.2, -0.15) is 13.2 Å². The minimum atomic E-state index is -4.11. The van der Waals surface area contributed by atoms with E-state index in [1.54, 1.807) is 0 Å². The van der Waals surface area contributed by atoms with Crippen LogP contribution in [0.5, 0.6) is 0 Å². The second-order valence-electron chi connectivity index (χ2n) is 5.65. The van der Waals surface area contributed by atoms with Crippen LogP contribution in [-0.2, 0) is 0 Å². The van der Waals surface area contributed by atoms with E-state index in [2.05, 4.69) is 19.2 Å². The molecule has 1 aliphatic carbocycles. The van der Waals surface area contributed by atoms with Gasteiger partial charge in [0.05, 0.1) is 0 Å². The van der Waals surface area contributed by atoms with Gasteiger partial charge in [0.1, 0.15) is 6.04 Å². The summed E-state index contributed by atoms with van der Waals surface area (Å²) in [6, 6.07) is -1.31. The quantitative estimate of drug-likeness (QED) is 0.796. The molecule has 3 atom stereocenters.